The number of rotatable bonds is 8. The van der Waals surface area contributed by atoms with Gasteiger partial charge in [-0.1, -0.05) is 37.6 Å². The molecule has 0 saturated heterocycles. The Labute approximate surface area is 121 Å². The maximum atomic E-state index is 9.93. The van der Waals surface area contributed by atoms with Gasteiger partial charge in [0.1, 0.15) is 0 Å². The van der Waals surface area contributed by atoms with Crippen molar-refractivity contribution >= 4 is 11.6 Å². The van der Waals surface area contributed by atoms with Crippen LogP contribution >= 0.6 is 11.6 Å². The van der Waals surface area contributed by atoms with Gasteiger partial charge >= 0.3 is 0 Å². The predicted octanol–water partition coefficient (Wildman–Crippen LogP) is 3.12. The molecule has 4 heteroatoms. The van der Waals surface area contributed by atoms with Crippen LogP contribution in [0.4, 0.5) is 0 Å². The van der Waals surface area contributed by atoms with Crippen LogP contribution in [0.2, 0.25) is 5.02 Å². The third-order valence-electron chi connectivity index (χ3n) is 3.24. The summed E-state index contributed by atoms with van der Waals surface area (Å²) >= 11 is 5.85. The molecule has 1 rings (SSSR count). The number of benzene rings is 1. The summed E-state index contributed by atoms with van der Waals surface area (Å²) in [6, 6.07) is 7.60. The number of halogens is 1. The summed E-state index contributed by atoms with van der Waals surface area (Å²) in [6.45, 7) is 9.05. The van der Waals surface area contributed by atoms with E-state index in [9.17, 15) is 5.11 Å². The number of likely N-dealkylation sites (N-methyl/N-ethyl adjacent to an activating group) is 1. The number of aliphatic hydroxyl groups excluding tert-OH is 1. The lowest BCUT2D eigenvalue weighted by Gasteiger charge is -2.23. The van der Waals surface area contributed by atoms with Gasteiger partial charge in [0.15, 0.2) is 0 Å². The zero-order chi connectivity index (χ0) is 14.3. The first-order valence-corrected chi connectivity index (χ1v) is 7.22. The van der Waals surface area contributed by atoms with Crippen molar-refractivity contribution in [1.82, 2.24) is 4.90 Å². The summed E-state index contributed by atoms with van der Waals surface area (Å²) < 4.78 is 5.70. The van der Waals surface area contributed by atoms with Crippen molar-refractivity contribution in [2.75, 3.05) is 26.2 Å². The van der Waals surface area contributed by atoms with Gasteiger partial charge in [-0.15, -0.1) is 0 Å². The largest absolute Gasteiger partial charge is 0.389 e. The van der Waals surface area contributed by atoms with Crippen molar-refractivity contribution < 1.29 is 9.84 Å². The van der Waals surface area contributed by atoms with Crippen molar-refractivity contribution in [3.8, 4) is 0 Å². The zero-order valence-corrected chi connectivity index (χ0v) is 12.7. The molecule has 0 heterocycles. The molecule has 3 nitrogen and oxygen atoms in total. The number of aliphatic hydroxyl groups is 1. The molecule has 1 aromatic carbocycles. The molecular weight excluding hydrogens is 262 g/mol. The van der Waals surface area contributed by atoms with Crippen LogP contribution < -0.4 is 0 Å². The van der Waals surface area contributed by atoms with Crippen molar-refractivity contribution in [2.45, 2.75) is 33.0 Å². The van der Waals surface area contributed by atoms with E-state index in [-0.39, 0.29) is 6.10 Å². The summed E-state index contributed by atoms with van der Waals surface area (Å²) in [5.74, 6) is 0. The van der Waals surface area contributed by atoms with Gasteiger partial charge in [0.2, 0.25) is 0 Å². The lowest BCUT2D eigenvalue weighted by atomic mass is 10.1. The zero-order valence-electron chi connectivity index (χ0n) is 12.0. The minimum absolute atomic E-state index is 0.0383. The van der Waals surface area contributed by atoms with E-state index in [4.69, 9.17) is 16.3 Å². The van der Waals surface area contributed by atoms with Crippen LogP contribution in [0.25, 0.3) is 0 Å². The summed E-state index contributed by atoms with van der Waals surface area (Å²) in [6.07, 6.45) is -0.488. The molecule has 0 spiro atoms. The molecule has 108 valence electrons. The molecule has 0 fully saturated rings. The summed E-state index contributed by atoms with van der Waals surface area (Å²) in [5, 5.41) is 10.7. The highest BCUT2D eigenvalue weighted by atomic mass is 35.5. The van der Waals surface area contributed by atoms with Crippen molar-refractivity contribution in [3.05, 3.63) is 34.9 Å². The molecule has 0 aromatic heterocycles. The van der Waals surface area contributed by atoms with Gasteiger partial charge in [0, 0.05) is 11.6 Å². The Morgan fingerprint density at radius 3 is 2.32 bits per heavy atom. The highest BCUT2D eigenvalue weighted by molar-refractivity contribution is 6.30. The maximum absolute atomic E-state index is 9.93. The van der Waals surface area contributed by atoms with Crippen LogP contribution in [0.15, 0.2) is 24.3 Å². The Bertz CT molecular complexity index is 352. The first kappa shape index (κ1) is 16.4. The van der Waals surface area contributed by atoms with Crippen LogP contribution in [0.5, 0.6) is 0 Å². The molecule has 1 aromatic rings. The van der Waals surface area contributed by atoms with Gasteiger partial charge in [-0.3, -0.25) is 0 Å². The Morgan fingerprint density at radius 2 is 1.79 bits per heavy atom. The van der Waals surface area contributed by atoms with E-state index in [1.54, 1.807) is 0 Å². The Morgan fingerprint density at radius 1 is 1.21 bits per heavy atom. The van der Waals surface area contributed by atoms with Crippen LogP contribution in [0.1, 0.15) is 32.4 Å². The normalized spacial score (nSPS) is 14.6. The second-order valence-corrected chi connectivity index (χ2v) is 5.10. The second kappa shape index (κ2) is 8.54. The lowest BCUT2D eigenvalue weighted by molar-refractivity contribution is -0.0146. The van der Waals surface area contributed by atoms with Gasteiger partial charge in [0.05, 0.1) is 18.8 Å². The lowest BCUT2D eigenvalue weighted by Crippen LogP contribution is -2.34. The second-order valence-electron chi connectivity index (χ2n) is 4.67. The molecule has 0 aliphatic heterocycles. The Hall–Kier alpha value is -0.610. The summed E-state index contributed by atoms with van der Waals surface area (Å²) in [4.78, 5) is 2.18. The smallest absolute Gasteiger partial charge is 0.0900 e. The average Bonchev–Trinajstić information content (AvgIpc) is 2.43. The molecule has 0 saturated carbocycles. The van der Waals surface area contributed by atoms with Gasteiger partial charge in [-0.05, 0) is 37.7 Å². The molecule has 0 aliphatic carbocycles. The first-order valence-electron chi connectivity index (χ1n) is 6.84. The number of ether oxygens (including phenoxy) is 1. The quantitative estimate of drug-likeness (QED) is 0.797. The van der Waals surface area contributed by atoms with E-state index in [2.05, 4.69) is 18.7 Å². The topological polar surface area (TPSA) is 32.7 Å². The van der Waals surface area contributed by atoms with Crippen molar-refractivity contribution in [3.63, 3.8) is 0 Å². The van der Waals surface area contributed by atoms with Gasteiger partial charge in [0.25, 0.3) is 0 Å². The first-order chi connectivity index (χ1) is 9.06. The summed E-state index contributed by atoms with van der Waals surface area (Å²) in [5.41, 5.74) is 1.07. The Balaban J connectivity index is 2.37. The molecule has 19 heavy (non-hydrogen) atoms. The van der Waals surface area contributed by atoms with E-state index in [0.717, 1.165) is 23.7 Å². The molecule has 2 atom stereocenters. The fourth-order valence-electron chi connectivity index (χ4n) is 1.92. The van der Waals surface area contributed by atoms with Gasteiger partial charge in [-0.25, -0.2) is 0 Å². The molecule has 0 bridgehead atoms. The Kier molecular flexibility index (Phi) is 7.39. The average molecular weight is 286 g/mol. The van der Waals surface area contributed by atoms with Crippen LogP contribution in [-0.4, -0.2) is 42.4 Å². The summed E-state index contributed by atoms with van der Waals surface area (Å²) in [7, 11) is 0. The van der Waals surface area contributed by atoms with Crippen LogP contribution in [-0.2, 0) is 4.74 Å². The van der Waals surface area contributed by atoms with E-state index >= 15 is 0 Å². The molecule has 0 aliphatic rings. The van der Waals surface area contributed by atoms with Gasteiger partial charge < -0.3 is 14.7 Å². The molecular formula is C15H24ClNO2. The highest BCUT2D eigenvalue weighted by Gasteiger charge is 2.12. The van der Waals surface area contributed by atoms with E-state index in [1.165, 1.54) is 0 Å². The van der Waals surface area contributed by atoms with E-state index in [1.807, 2.05) is 31.2 Å². The van der Waals surface area contributed by atoms with Gasteiger partial charge in [-0.2, -0.15) is 0 Å². The highest BCUT2D eigenvalue weighted by Crippen LogP contribution is 2.19. The van der Waals surface area contributed by atoms with Crippen molar-refractivity contribution in [2.24, 2.45) is 0 Å². The maximum Gasteiger partial charge on any atom is 0.0900 e. The monoisotopic (exact) mass is 285 g/mol. The van der Waals surface area contributed by atoms with E-state index < -0.39 is 6.10 Å². The SMILES string of the molecule is CCN(CC)CC(O)COC(C)c1ccc(Cl)cc1. The fraction of sp³-hybridized carbons (Fsp3) is 0.600. The van der Waals surface area contributed by atoms with E-state index in [0.29, 0.717) is 13.2 Å². The standard InChI is InChI=1S/C15H24ClNO2/c1-4-17(5-2)10-15(18)11-19-12(3)13-6-8-14(16)9-7-13/h6-9,12,15,18H,4-5,10-11H2,1-3H3. The van der Waals surface area contributed by atoms with Crippen molar-refractivity contribution in [1.29, 1.82) is 0 Å². The molecule has 0 amide bonds. The minimum atomic E-state index is -0.449. The van der Waals surface area contributed by atoms with Crippen LogP contribution in [0, 0.1) is 0 Å². The minimum Gasteiger partial charge on any atom is -0.389 e. The molecule has 2 unspecified atom stereocenters. The number of hydrogen-bond acceptors (Lipinski definition) is 3. The fourth-order valence-corrected chi connectivity index (χ4v) is 2.04. The van der Waals surface area contributed by atoms with Crippen LogP contribution in [0.3, 0.4) is 0 Å². The predicted molar refractivity (Wildman–Crippen MR) is 79.6 cm³/mol. The molecule has 0 radical (unpaired) electrons. The third-order valence-corrected chi connectivity index (χ3v) is 3.49. The third kappa shape index (κ3) is 5.91. The number of nitrogens with zero attached hydrogens (tertiary/aromatic N) is 1. The molecule has 1 N–H and O–H groups in total. The number of hydrogen-bond donors (Lipinski definition) is 1.